The van der Waals surface area contributed by atoms with Crippen LogP contribution in [0.5, 0.6) is 0 Å². The average molecular weight is 239 g/mol. The largest absolute Gasteiger partial charge is 0.458 e. The molecule has 1 aromatic heterocycles. The van der Waals surface area contributed by atoms with Gasteiger partial charge >= 0.3 is 0 Å². The van der Waals surface area contributed by atoms with E-state index in [1.807, 2.05) is 0 Å². The maximum atomic E-state index is 13.0. The van der Waals surface area contributed by atoms with E-state index in [-0.39, 0.29) is 16.3 Å². The van der Waals surface area contributed by atoms with Crippen molar-refractivity contribution >= 4 is 17.4 Å². The van der Waals surface area contributed by atoms with Gasteiger partial charge in [-0.05, 0) is 37.3 Å². The second-order valence-electron chi connectivity index (χ2n) is 3.36. The van der Waals surface area contributed by atoms with Crippen LogP contribution in [0, 0.1) is 12.7 Å². The first-order valence-corrected chi connectivity index (χ1v) is 5.02. The molecule has 16 heavy (non-hydrogen) atoms. The van der Waals surface area contributed by atoms with Crippen LogP contribution >= 0.6 is 11.6 Å². The van der Waals surface area contributed by atoms with Crippen molar-refractivity contribution in [3.8, 4) is 0 Å². The van der Waals surface area contributed by atoms with E-state index in [0.29, 0.717) is 5.76 Å². The van der Waals surface area contributed by atoms with Crippen LogP contribution in [0.4, 0.5) is 4.39 Å². The smallest absolute Gasteiger partial charge is 0.229 e. The number of halogens is 2. The lowest BCUT2D eigenvalue weighted by Gasteiger charge is -2.00. The van der Waals surface area contributed by atoms with Crippen molar-refractivity contribution in [2.45, 2.75) is 6.92 Å². The van der Waals surface area contributed by atoms with Gasteiger partial charge in [0.1, 0.15) is 11.6 Å². The summed E-state index contributed by atoms with van der Waals surface area (Å²) in [5.41, 5.74) is 0.107. The Morgan fingerprint density at radius 3 is 2.69 bits per heavy atom. The topological polar surface area (TPSA) is 30.2 Å². The van der Waals surface area contributed by atoms with Crippen LogP contribution in [0.25, 0.3) is 0 Å². The lowest BCUT2D eigenvalue weighted by atomic mass is 10.1. The van der Waals surface area contributed by atoms with Crippen LogP contribution in [0.15, 0.2) is 34.7 Å². The Balaban J connectivity index is 2.45. The zero-order valence-corrected chi connectivity index (χ0v) is 9.22. The van der Waals surface area contributed by atoms with E-state index in [1.54, 1.807) is 19.1 Å². The molecule has 0 bridgehead atoms. The van der Waals surface area contributed by atoms with Crippen molar-refractivity contribution in [1.82, 2.24) is 0 Å². The van der Waals surface area contributed by atoms with Gasteiger partial charge in [-0.15, -0.1) is 0 Å². The molecule has 0 amide bonds. The predicted molar refractivity (Wildman–Crippen MR) is 58.3 cm³/mol. The van der Waals surface area contributed by atoms with Crippen molar-refractivity contribution in [2.75, 3.05) is 0 Å². The molecular formula is C12H8ClFO2. The van der Waals surface area contributed by atoms with E-state index in [2.05, 4.69) is 0 Å². The summed E-state index contributed by atoms with van der Waals surface area (Å²) in [6.07, 6.45) is 0. The monoisotopic (exact) mass is 238 g/mol. The number of ketones is 1. The van der Waals surface area contributed by atoms with Crippen molar-refractivity contribution in [2.24, 2.45) is 0 Å². The van der Waals surface area contributed by atoms with E-state index >= 15 is 0 Å². The van der Waals surface area contributed by atoms with Gasteiger partial charge in [0, 0.05) is 5.56 Å². The van der Waals surface area contributed by atoms with Crippen LogP contribution in [0.1, 0.15) is 21.9 Å². The molecule has 0 unspecified atom stereocenters. The third kappa shape index (κ3) is 1.99. The summed E-state index contributed by atoms with van der Waals surface area (Å²) >= 11 is 5.82. The van der Waals surface area contributed by atoms with Crippen LogP contribution < -0.4 is 0 Å². The molecule has 0 atom stereocenters. The number of furan rings is 1. The molecule has 1 aromatic carbocycles. The second kappa shape index (κ2) is 4.10. The number of hydrogen-bond acceptors (Lipinski definition) is 2. The minimum absolute atomic E-state index is 0.107. The van der Waals surface area contributed by atoms with Gasteiger partial charge in [0.15, 0.2) is 5.76 Å². The van der Waals surface area contributed by atoms with Gasteiger partial charge < -0.3 is 4.42 Å². The Hall–Kier alpha value is -1.61. The van der Waals surface area contributed by atoms with E-state index in [4.69, 9.17) is 16.0 Å². The van der Waals surface area contributed by atoms with E-state index < -0.39 is 11.6 Å². The van der Waals surface area contributed by atoms with E-state index in [0.717, 1.165) is 6.07 Å². The van der Waals surface area contributed by atoms with Crippen molar-refractivity contribution in [3.05, 3.63) is 58.3 Å². The second-order valence-corrected chi connectivity index (χ2v) is 3.77. The lowest BCUT2D eigenvalue weighted by Crippen LogP contribution is -2.01. The minimum Gasteiger partial charge on any atom is -0.458 e. The molecule has 0 aliphatic heterocycles. The van der Waals surface area contributed by atoms with Gasteiger partial charge in [-0.2, -0.15) is 0 Å². The predicted octanol–water partition coefficient (Wildman–Crippen LogP) is 3.61. The molecule has 2 aromatic rings. The highest BCUT2D eigenvalue weighted by Gasteiger charge is 2.16. The maximum absolute atomic E-state index is 13.0. The van der Waals surface area contributed by atoms with Gasteiger partial charge in [0.25, 0.3) is 0 Å². The van der Waals surface area contributed by atoms with Crippen LogP contribution in [0.2, 0.25) is 5.02 Å². The molecule has 0 fully saturated rings. The Bertz CT molecular complexity index is 546. The van der Waals surface area contributed by atoms with Gasteiger partial charge in [-0.25, -0.2) is 4.39 Å². The minimum atomic E-state index is -0.504. The van der Waals surface area contributed by atoms with E-state index in [1.165, 1.54) is 12.1 Å². The lowest BCUT2D eigenvalue weighted by molar-refractivity contribution is 0.101. The number of carbonyl (C=O) groups is 1. The van der Waals surface area contributed by atoms with Crippen LogP contribution in [-0.4, -0.2) is 5.78 Å². The third-order valence-electron chi connectivity index (χ3n) is 2.14. The zero-order chi connectivity index (χ0) is 11.7. The van der Waals surface area contributed by atoms with Gasteiger partial charge in [-0.1, -0.05) is 11.6 Å². The summed E-state index contributed by atoms with van der Waals surface area (Å²) in [5.74, 6) is -0.144. The summed E-state index contributed by atoms with van der Waals surface area (Å²) in [6.45, 7) is 1.73. The number of benzene rings is 1. The fourth-order valence-electron chi connectivity index (χ4n) is 1.36. The molecule has 2 nitrogen and oxygen atoms in total. The number of aryl methyl sites for hydroxylation is 1. The normalized spacial score (nSPS) is 10.4. The Labute approximate surface area is 96.6 Å². The average Bonchev–Trinajstić information content (AvgIpc) is 2.67. The van der Waals surface area contributed by atoms with E-state index in [9.17, 15) is 9.18 Å². The molecular weight excluding hydrogens is 231 g/mol. The summed E-state index contributed by atoms with van der Waals surface area (Å²) in [6, 6.07) is 6.86. The first kappa shape index (κ1) is 10.9. The molecule has 0 saturated heterocycles. The summed E-state index contributed by atoms with van der Waals surface area (Å²) < 4.78 is 18.2. The number of rotatable bonds is 2. The summed E-state index contributed by atoms with van der Waals surface area (Å²) in [7, 11) is 0. The number of carbonyl (C=O) groups excluding carboxylic acids is 1. The molecule has 2 rings (SSSR count). The molecule has 0 aliphatic rings. The Kier molecular flexibility index (Phi) is 2.79. The van der Waals surface area contributed by atoms with Crippen molar-refractivity contribution < 1.29 is 13.6 Å². The maximum Gasteiger partial charge on any atom is 0.229 e. The standard InChI is InChI=1S/C12H8ClFO2/c1-7-2-5-11(16-7)12(15)9-6-8(14)3-4-10(9)13/h2-6H,1H3. The SMILES string of the molecule is Cc1ccc(C(=O)c2cc(F)ccc2Cl)o1. The first-order chi connectivity index (χ1) is 7.58. The molecule has 82 valence electrons. The molecule has 0 radical (unpaired) electrons. The Morgan fingerprint density at radius 2 is 2.06 bits per heavy atom. The van der Waals surface area contributed by atoms with Crippen LogP contribution in [-0.2, 0) is 0 Å². The molecule has 4 heteroatoms. The first-order valence-electron chi connectivity index (χ1n) is 4.64. The molecule has 0 saturated carbocycles. The summed E-state index contributed by atoms with van der Waals surface area (Å²) in [5, 5.41) is 0.209. The van der Waals surface area contributed by atoms with Gasteiger partial charge in [0.2, 0.25) is 5.78 Å². The fraction of sp³-hybridized carbons (Fsp3) is 0.0833. The third-order valence-corrected chi connectivity index (χ3v) is 2.47. The zero-order valence-electron chi connectivity index (χ0n) is 8.46. The highest BCUT2D eigenvalue weighted by Crippen LogP contribution is 2.21. The van der Waals surface area contributed by atoms with Crippen LogP contribution in [0.3, 0.4) is 0 Å². The highest BCUT2D eigenvalue weighted by atomic mass is 35.5. The Morgan fingerprint density at radius 1 is 1.31 bits per heavy atom. The van der Waals surface area contributed by atoms with Crippen molar-refractivity contribution in [1.29, 1.82) is 0 Å². The highest BCUT2D eigenvalue weighted by molar-refractivity contribution is 6.34. The molecule has 1 heterocycles. The van der Waals surface area contributed by atoms with Gasteiger partial charge in [0.05, 0.1) is 5.02 Å². The van der Waals surface area contributed by atoms with Crippen molar-refractivity contribution in [3.63, 3.8) is 0 Å². The number of hydrogen-bond donors (Lipinski definition) is 0. The quantitative estimate of drug-likeness (QED) is 0.748. The fourth-order valence-corrected chi connectivity index (χ4v) is 1.56. The molecule has 0 aliphatic carbocycles. The molecule has 0 spiro atoms. The molecule has 0 N–H and O–H groups in total. The van der Waals surface area contributed by atoms with Gasteiger partial charge in [-0.3, -0.25) is 4.79 Å². The summed E-state index contributed by atoms with van der Waals surface area (Å²) in [4.78, 5) is 11.9.